The Bertz CT molecular complexity index is 349. The molecule has 1 aliphatic rings. The molecule has 2 N–H and O–H groups in total. The molecule has 0 aliphatic heterocycles. The summed E-state index contributed by atoms with van der Waals surface area (Å²) in [6, 6.07) is 0. The molecule has 0 amide bonds. The van der Waals surface area contributed by atoms with Gasteiger partial charge in [-0.2, -0.15) is 0 Å². The highest BCUT2D eigenvalue weighted by atomic mass is 32.1. The van der Waals surface area contributed by atoms with Gasteiger partial charge in [0.2, 0.25) is 5.13 Å². The van der Waals surface area contributed by atoms with E-state index in [9.17, 15) is 0 Å². The normalized spacial score (nSPS) is 17.8. The van der Waals surface area contributed by atoms with E-state index >= 15 is 0 Å². The Kier molecular flexibility index (Phi) is 4.34. The second-order valence-electron chi connectivity index (χ2n) is 4.93. The van der Waals surface area contributed by atoms with E-state index in [1.54, 1.807) is 11.3 Å². The highest BCUT2D eigenvalue weighted by Crippen LogP contribution is 2.43. The van der Waals surface area contributed by atoms with Crippen molar-refractivity contribution < 1.29 is 5.11 Å². The Morgan fingerprint density at radius 2 is 2.24 bits per heavy atom. The van der Waals surface area contributed by atoms with Crippen molar-refractivity contribution in [3.05, 3.63) is 5.01 Å². The van der Waals surface area contributed by atoms with Crippen LogP contribution in [0, 0.1) is 5.41 Å². The lowest BCUT2D eigenvalue weighted by Crippen LogP contribution is -2.37. The topological polar surface area (TPSA) is 58.0 Å². The van der Waals surface area contributed by atoms with Gasteiger partial charge in [-0.3, -0.25) is 0 Å². The molecule has 0 bridgehead atoms. The first-order chi connectivity index (χ1) is 8.28. The van der Waals surface area contributed by atoms with Crippen molar-refractivity contribution in [2.45, 2.75) is 45.4 Å². The van der Waals surface area contributed by atoms with Gasteiger partial charge in [-0.25, -0.2) is 0 Å². The van der Waals surface area contributed by atoms with E-state index in [2.05, 4.69) is 22.4 Å². The average Bonchev–Trinajstić information content (AvgIpc) is 2.70. The van der Waals surface area contributed by atoms with Gasteiger partial charge in [0.05, 0.1) is 0 Å². The van der Waals surface area contributed by atoms with E-state index in [0.717, 1.165) is 35.9 Å². The zero-order valence-corrected chi connectivity index (χ0v) is 11.2. The molecule has 0 aromatic carbocycles. The van der Waals surface area contributed by atoms with Crippen LogP contribution >= 0.6 is 11.3 Å². The zero-order chi connectivity index (χ0) is 12.1. The van der Waals surface area contributed by atoms with Crippen LogP contribution in [0.5, 0.6) is 0 Å². The molecule has 1 aliphatic carbocycles. The molecule has 0 unspecified atom stereocenters. The van der Waals surface area contributed by atoms with Crippen molar-refractivity contribution in [1.82, 2.24) is 10.2 Å². The summed E-state index contributed by atoms with van der Waals surface area (Å²) in [5, 5.41) is 22.8. The van der Waals surface area contributed by atoms with Crippen LogP contribution in [-0.2, 0) is 6.42 Å². The fourth-order valence-electron chi connectivity index (χ4n) is 2.33. The summed E-state index contributed by atoms with van der Waals surface area (Å²) in [7, 11) is 0. The lowest BCUT2D eigenvalue weighted by Gasteiger charge is -2.41. The maximum atomic E-state index is 9.09. The van der Waals surface area contributed by atoms with Crippen LogP contribution in [0.15, 0.2) is 0 Å². The largest absolute Gasteiger partial charge is 0.396 e. The summed E-state index contributed by atoms with van der Waals surface area (Å²) in [4.78, 5) is 0. The van der Waals surface area contributed by atoms with Crippen molar-refractivity contribution >= 4 is 16.5 Å². The van der Waals surface area contributed by atoms with Gasteiger partial charge in [0, 0.05) is 19.6 Å². The molecular weight excluding hydrogens is 234 g/mol. The number of hydrogen-bond acceptors (Lipinski definition) is 5. The second-order valence-corrected chi connectivity index (χ2v) is 5.99. The van der Waals surface area contributed by atoms with Gasteiger partial charge in [0.1, 0.15) is 5.01 Å². The van der Waals surface area contributed by atoms with Crippen molar-refractivity contribution in [2.75, 3.05) is 18.5 Å². The molecule has 0 atom stereocenters. The molecular formula is C12H21N3OS. The van der Waals surface area contributed by atoms with Crippen LogP contribution in [0.25, 0.3) is 0 Å². The summed E-state index contributed by atoms with van der Waals surface area (Å²) in [6.07, 6.45) is 6.77. The van der Waals surface area contributed by atoms with E-state index in [-0.39, 0.29) is 0 Å². The van der Waals surface area contributed by atoms with E-state index < -0.39 is 0 Å². The standard InChI is InChI=1S/C12H21N3OS/c1-2-4-10-14-15-11(17-10)13-9-12(7-8-16)5-3-6-12/h16H,2-9H2,1H3,(H,13,15). The third kappa shape index (κ3) is 3.16. The van der Waals surface area contributed by atoms with Crippen molar-refractivity contribution in [3.8, 4) is 0 Å². The number of rotatable bonds is 7. The molecule has 5 heteroatoms. The first kappa shape index (κ1) is 12.8. The number of nitrogens with zero attached hydrogens (tertiary/aromatic N) is 2. The molecule has 2 rings (SSSR count). The van der Waals surface area contributed by atoms with Crippen LogP contribution in [0.2, 0.25) is 0 Å². The molecule has 4 nitrogen and oxygen atoms in total. The summed E-state index contributed by atoms with van der Waals surface area (Å²) >= 11 is 1.65. The molecule has 1 heterocycles. The minimum atomic E-state index is 0.291. The Labute approximate surface area is 106 Å². The van der Waals surface area contributed by atoms with Gasteiger partial charge in [0.25, 0.3) is 0 Å². The van der Waals surface area contributed by atoms with Crippen molar-refractivity contribution in [3.63, 3.8) is 0 Å². The maximum absolute atomic E-state index is 9.09. The maximum Gasteiger partial charge on any atom is 0.205 e. The van der Waals surface area contributed by atoms with Crippen LogP contribution < -0.4 is 5.32 Å². The molecule has 1 fully saturated rings. The highest BCUT2D eigenvalue weighted by molar-refractivity contribution is 7.15. The van der Waals surface area contributed by atoms with Crippen LogP contribution in [-0.4, -0.2) is 28.5 Å². The Hall–Kier alpha value is -0.680. The quantitative estimate of drug-likeness (QED) is 0.786. The number of aromatic nitrogens is 2. The minimum Gasteiger partial charge on any atom is -0.396 e. The highest BCUT2D eigenvalue weighted by Gasteiger charge is 2.36. The Balaban J connectivity index is 1.83. The third-order valence-corrected chi connectivity index (χ3v) is 4.54. The lowest BCUT2D eigenvalue weighted by atomic mass is 9.67. The van der Waals surface area contributed by atoms with Gasteiger partial charge in [0.15, 0.2) is 0 Å². The second kappa shape index (κ2) is 5.78. The number of aryl methyl sites for hydroxylation is 1. The SMILES string of the molecule is CCCc1nnc(NCC2(CCO)CCC2)s1. The molecule has 96 valence electrons. The number of nitrogens with one attached hydrogen (secondary N) is 1. The molecule has 17 heavy (non-hydrogen) atoms. The first-order valence-corrected chi connectivity index (χ1v) is 7.27. The number of aliphatic hydroxyl groups excluding tert-OH is 1. The fraction of sp³-hybridized carbons (Fsp3) is 0.833. The molecule has 0 radical (unpaired) electrons. The third-order valence-electron chi connectivity index (χ3n) is 3.60. The average molecular weight is 255 g/mol. The molecule has 1 saturated carbocycles. The van der Waals surface area contributed by atoms with Gasteiger partial charge in [-0.05, 0) is 31.1 Å². The number of aliphatic hydroxyl groups is 1. The van der Waals surface area contributed by atoms with Gasteiger partial charge in [-0.15, -0.1) is 10.2 Å². The van der Waals surface area contributed by atoms with E-state index in [4.69, 9.17) is 5.11 Å². The Morgan fingerprint density at radius 3 is 2.82 bits per heavy atom. The first-order valence-electron chi connectivity index (χ1n) is 6.45. The summed E-state index contributed by atoms with van der Waals surface area (Å²) in [6.45, 7) is 3.37. The van der Waals surface area contributed by atoms with E-state index in [1.165, 1.54) is 19.3 Å². The van der Waals surface area contributed by atoms with Gasteiger partial charge in [-0.1, -0.05) is 24.7 Å². The Morgan fingerprint density at radius 1 is 1.41 bits per heavy atom. The summed E-state index contributed by atoms with van der Waals surface area (Å²) in [5.41, 5.74) is 0.311. The molecule has 1 aromatic rings. The fourth-order valence-corrected chi connectivity index (χ4v) is 3.17. The molecule has 0 saturated heterocycles. The number of hydrogen-bond donors (Lipinski definition) is 2. The van der Waals surface area contributed by atoms with E-state index in [1.807, 2.05) is 0 Å². The summed E-state index contributed by atoms with van der Waals surface area (Å²) < 4.78 is 0. The summed E-state index contributed by atoms with van der Waals surface area (Å²) in [5.74, 6) is 0. The predicted octanol–water partition coefficient (Wildman–Crippen LogP) is 2.46. The predicted molar refractivity (Wildman–Crippen MR) is 70.4 cm³/mol. The van der Waals surface area contributed by atoms with E-state index in [0.29, 0.717) is 12.0 Å². The minimum absolute atomic E-state index is 0.291. The van der Waals surface area contributed by atoms with Crippen molar-refractivity contribution in [1.29, 1.82) is 0 Å². The van der Waals surface area contributed by atoms with Gasteiger partial charge < -0.3 is 10.4 Å². The van der Waals surface area contributed by atoms with Crippen molar-refractivity contribution in [2.24, 2.45) is 5.41 Å². The van der Waals surface area contributed by atoms with Crippen LogP contribution in [0.3, 0.4) is 0 Å². The van der Waals surface area contributed by atoms with Gasteiger partial charge >= 0.3 is 0 Å². The zero-order valence-electron chi connectivity index (χ0n) is 10.4. The smallest absolute Gasteiger partial charge is 0.205 e. The van der Waals surface area contributed by atoms with Crippen LogP contribution in [0.4, 0.5) is 5.13 Å². The van der Waals surface area contributed by atoms with Crippen LogP contribution in [0.1, 0.15) is 44.0 Å². The molecule has 0 spiro atoms. The monoisotopic (exact) mass is 255 g/mol. The lowest BCUT2D eigenvalue weighted by molar-refractivity contribution is 0.102. The molecule has 1 aromatic heterocycles. The number of anilines is 1.